The molecule has 0 aliphatic carbocycles. The molecule has 11 heavy (non-hydrogen) atoms. The predicted molar refractivity (Wildman–Crippen MR) is 46.7 cm³/mol. The van der Waals surface area contributed by atoms with Gasteiger partial charge in [0, 0.05) is 0 Å². The molecule has 3 heteroatoms. The molecule has 1 aliphatic rings. The minimum atomic E-state index is -0.0850. The SMILES string of the molecule is CC1OC(=O)CC(C)(C)C1Br. The van der Waals surface area contributed by atoms with Crippen molar-refractivity contribution < 1.29 is 9.53 Å². The molecular weight excluding hydrogens is 208 g/mol. The van der Waals surface area contributed by atoms with Crippen molar-refractivity contribution >= 4 is 21.9 Å². The summed E-state index contributed by atoms with van der Waals surface area (Å²) in [6.07, 6.45) is 0.499. The molecule has 0 aromatic carbocycles. The van der Waals surface area contributed by atoms with E-state index < -0.39 is 0 Å². The number of alkyl halides is 1. The van der Waals surface area contributed by atoms with Crippen LogP contribution in [0.25, 0.3) is 0 Å². The van der Waals surface area contributed by atoms with Gasteiger partial charge in [0.05, 0.1) is 11.2 Å². The van der Waals surface area contributed by atoms with E-state index in [1.807, 2.05) is 6.92 Å². The Labute approximate surface area is 75.4 Å². The van der Waals surface area contributed by atoms with Crippen molar-refractivity contribution in [3.05, 3.63) is 0 Å². The standard InChI is InChI=1S/C8H13BrO2/c1-5-7(9)8(2,3)4-6(10)11-5/h5,7H,4H2,1-3H3. The number of hydrogen-bond donors (Lipinski definition) is 0. The highest BCUT2D eigenvalue weighted by atomic mass is 79.9. The summed E-state index contributed by atoms with van der Waals surface area (Å²) < 4.78 is 5.05. The average Bonchev–Trinajstić information content (AvgIpc) is 1.81. The first-order valence-electron chi connectivity index (χ1n) is 3.77. The normalized spacial score (nSPS) is 36.5. The zero-order chi connectivity index (χ0) is 8.65. The minimum absolute atomic E-state index is 0.00810. The Balaban J connectivity index is 2.75. The Bertz CT molecular complexity index is 177. The van der Waals surface area contributed by atoms with Gasteiger partial charge < -0.3 is 4.74 Å². The van der Waals surface area contributed by atoms with Crippen LogP contribution in [0.15, 0.2) is 0 Å². The molecule has 1 fully saturated rings. The number of rotatable bonds is 0. The fraction of sp³-hybridized carbons (Fsp3) is 0.875. The van der Waals surface area contributed by atoms with Gasteiger partial charge in [0.15, 0.2) is 0 Å². The maximum absolute atomic E-state index is 11.0. The molecule has 1 aliphatic heterocycles. The first kappa shape index (κ1) is 9.04. The van der Waals surface area contributed by atoms with Crippen LogP contribution in [0, 0.1) is 5.41 Å². The largest absolute Gasteiger partial charge is 0.461 e. The van der Waals surface area contributed by atoms with Gasteiger partial charge in [-0.2, -0.15) is 0 Å². The van der Waals surface area contributed by atoms with Crippen molar-refractivity contribution in [1.29, 1.82) is 0 Å². The zero-order valence-electron chi connectivity index (χ0n) is 7.06. The van der Waals surface area contributed by atoms with Crippen LogP contribution in [0.1, 0.15) is 27.2 Å². The smallest absolute Gasteiger partial charge is 0.306 e. The first-order valence-corrected chi connectivity index (χ1v) is 4.68. The molecule has 64 valence electrons. The van der Waals surface area contributed by atoms with E-state index in [9.17, 15) is 4.79 Å². The number of cyclic esters (lactones) is 1. The van der Waals surface area contributed by atoms with Crippen LogP contribution in [0.2, 0.25) is 0 Å². The number of hydrogen-bond acceptors (Lipinski definition) is 2. The molecule has 1 rings (SSSR count). The molecule has 0 amide bonds. The molecule has 1 saturated heterocycles. The van der Waals surface area contributed by atoms with Gasteiger partial charge in [0.1, 0.15) is 6.10 Å². The van der Waals surface area contributed by atoms with Crippen molar-refractivity contribution in [3.63, 3.8) is 0 Å². The first-order chi connectivity index (χ1) is 4.93. The molecular formula is C8H13BrO2. The number of halogens is 1. The number of carbonyl (C=O) groups is 1. The lowest BCUT2D eigenvalue weighted by Gasteiger charge is -2.37. The highest BCUT2D eigenvalue weighted by Gasteiger charge is 2.40. The van der Waals surface area contributed by atoms with Gasteiger partial charge in [0.2, 0.25) is 0 Å². The van der Waals surface area contributed by atoms with Crippen LogP contribution >= 0.6 is 15.9 Å². The maximum Gasteiger partial charge on any atom is 0.306 e. The average molecular weight is 221 g/mol. The van der Waals surface area contributed by atoms with Gasteiger partial charge in [-0.25, -0.2) is 0 Å². The molecule has 0 spiro atoms. The fourth-order valence-corrected chi connectivity index (χ4v) is 1.68. The summed E-state index contributed by atoms with van der Waals surface area (Å²) in [5, 5.41) is 0. The quantitative estimate of drug-likeness (QED) is 0.462. The lowest BCUT2D eigenvalue weighted by Crippen LogP contribution is -2.43. The van der Waals surface area contributed by atoms with E-state index >= 15 is 0 Å². The second-order valence-corrected chi connectivity index (χ2v) is 4.75. The van der Waals surface area contributed by atoms with Gasteiger partial charge in [-0.1, -0.05) is 29.8 Å². The van der Waals surface area contributed by atoms with E-state index in [4.69, 9.17) is 4.74 Å². The third kappa shape index (κ3) is 1.75. The topological polar surface area (TPSA) is 26.3 Å². The van der Waals surface area contributed by atoms with Crippen LogP contribution in [-0.2, 0) is 9.53 Å². The van der Waals surface area contributed by atoms with Gasteiger partial charge in [-0.3, -0.25) is 4.79 Å². The highest BCUT2D eigenvalue weighted by molar-refractivity contribution is 9.09. The molecule has 0 radical (unpaired) electrons. The van der Waals surface area contributed by atoms with E-state index in [2.05, 4.69) is 29.8 Å². The lowest BCUT2D eigenvalue weighted by atomic mass is 9.82. The summed E-state index contributed by atoms with van der Waals surface area (Å²) in [6, 6.07) is 0. The van der Waals surface area contributed by atoms with Crippen molar-refractivity contribution in [1.82, 2.24) is 0 Å². The van der Waals surface area contributed by atoms with Crippen LogP contribution in [-0.4, -0.2) is 16.9 Å². The van der Waals surface area contributed by atoms with Crippen LogP contribution in [0.3, 0.4) is 0 Å². The third-order valence-corrected chi connectivity index (χ3v) is 4.06. The lowest BCUT2D eigenvalue weighted by molar-refractivity contribution is -0.157. The minimum Gasteiger partial charge on any atom is -0.461 e. The Morgan fingerprint density at radius 3 is 2.64 bits per heavy atom. The Hall–Kier alpha value is -0.0500. The molecule has 0 saturated carbocycles. The molecule has 2 unspecified atom stereocenters. The summed E-state index contributed by atoms with van der Waals surface area (Å²) in [7, 11) is 0. The van der Waals surface area contributed by atoms with E-state index in [1.54, 1.807) is 0 Å². The number of ether oxygens (including phenoxy) is 1. The van der Waals surface area contributed by atoms with Crippen LogP contribution < -0.4 is 0 Å². The summed E-state index contributed by atoms with van der Waals surface area (Å²) in [6.45, 7) is 6.06. The Morgan fingerprint density at radius 1 is 1.64 bits per heavy atom. The van der Waals surface area contributed by atoms with Crippen LogP contribution in [0.5, 0.6) is 0 Å². The van der Waals surface area contributed by atoms with E-state index in [0.29, 0.717) is 6.42 Å². The number of esters is 1. The van der Waals surface area contributed by atoms with Crippen molar-refractivity contribution in [2.75, 3.05) is 0 Å². The molecule has 2 atom stereocenters. The Morgan fingerprint density at radius 2 is 2.18 bits per heavy atom. The van der Waals surface area contributed by atoms with Gasteiger partial charge in [-0.15, -0.1) is 0 Å². The second kappa shape index (κ2) is 2.77. The Kier molecular flexibility index (Phi) is 2.28. The van der Waals surface area contributed by atoms with Crippen molar-refractivity contribution in [2.45, 2.75) is 38.1 Å². The summed E-state index contributed by atoms with van der Waals surface area (Å²) in [5.74, 6) is -0.0850. The summed E-state index contributed by atoms with van der Waals surface area (Å²) in [5.41, 5.74) is 0.0226. The molecule has 0 aromatic heterocycles. The van der Waals surface area contributed by atoms with Crippen molar-refractivity contribution in [2.24, 2.45) is 5.41 Å². The highest BCUT2D eigenvalue weighted by Crippen LogP contribution is 2.38. The predicted octanol–water partition coefficient (Wildman–Crippen LogP) is 2.11. The second-order valence-electron chi connectivity index (χ2n) is 3.76. The monoisotopic (exact) mass is 220 g/mol. The molecule has 2 nitrogen and oxygen atoms in total. The van der Waals surface area contributed by atoms with Gasteiger partial charge >= 0.3 is 5.97 Å². The maximum atomic E-state index is 11.0. The molecule has 1 heterocycles. The van der Waals surface area contributed by atoms with E-state index in [1.165, 1.54) is 0 Å². The summed E-state index contributed by atoms with van der Waals surface area (Å²) in [4.78, 5) is 11.3. The summed E-state index contributed by atoms with van der Waals surface area (Å²) >= 11 is 3.53. The molecule has 0 N–H and O–H groups in total. The van der Waals surface area contributed by atoms with E-state index in [0.717, 1.165) is 0 Å². The van der Waals surface area contributed by atoms with Gasteiger partial charge in [0.25, 0.3) is 0 Å². The van der Waals surface area contributed by atoms with Gasteiger partial charge in [-0.05, 0) is 12.3 Å². The molecule has 0 aromatic rings. The number of carbonyl (C=O) groups excluding carboxylic acids is 1. The van der Waals surface area contributed by atoms with Crippen molar-refractivity contribution in [3.8, 4) is 0 Å². The zero-order valence-corrected chi connectivity index (χ0v) is 8.64. The van der Waals surface area contributed by atoms with Crippen LogP contribution in [0.4, 0.5) is 0 Å². The third-order valence-electron chi connectivity index (χ3n) is 2.08. The molecule has 0 bridgehead atoms. The fourth-order valence-electron chi connectivity index (χ4n) is 1.41. The van der Waals surface area contributed by atoms with E-state index in [-0.39, 0.29) is 22.3 Å².